The average molecular weight is 331 g/mol. The molecule has 0 aromatic carbocycles. The van der Waals surface area contributed by atoms with Crippen LogP contribution in [0.15, 0.2) is 17.6 Å². The van der Waals surface area contributed by atoms with Crippen LogP contribution in [0, 0.1) is 6.92 Å². The van der Waals surface area contributed by atoms with Gasteiger partial charge in [-0.15, -0.1) is 11.3 Å². The van der Waals surface area contributed by atoms with Gasteiger partial charge in [-0.2, -0.15) is 4.98 Å². The minimum atomic E-state index is -0.122. The molecular formula is C16H21N5OS. The van der Waals surface area contributed by atoms with Crippen molar-refractivity contribution in [3.05, 3.63) is 28.1 Å². The van der Waals surface area contributed by atoms with Gasteiger partial charge in [-0.25, -0.2) is 4.98 Å². The van der Waals surface area contributed by atoms with Gasteiger partial charge in [0, 0.05) is 27.2 Å². The summed E-state index contributed by atoms with van der Waals surface area (Å²) in [6.45, 7) is 3.96. The van der Waals surface area contributed by atoms with Crippen LogP contribution >= 0.6 is 11.3 Å². The van der Waals surface area contributed by atoms with Crippen molar-refractivity contribution in [1.82, 2.24) is 9.97 Å². The molecular weight excluding hydrogens is 310 g/mol. The van der Waals surface area contributed by atoms with Gasteiger partial charge < -0.3 is 15.1 Å². The molecule has 2 aromatic rings. The van der Waals surface area contributed by atoms with Gasteiger partial charge in [-0.05, 0) is 36.8 Å². The zero-order valence-electron chi connectivity index (χ0n) is 13.7. The van der Waals surface area contributed by atoms with Gasteiger partial charge >= 0.3 is 0 Å². The largest absolute Gasteiger partial charge is 0.361 e. The molecule has 0 atom stereocenters. The highest BCUT2D eigenvalue weighted by Gasteiger charge is 2.19. The van der Waals surface area contributed by atoms with Crippen LogP contribution in [0.1, 0.15) is 28.1 Å². The maximum absolute atomic E-state index is 12.4. The minimum absolute atomic E-state index is 0.122. The molecule has 0 radical (unpaired) electrons. The zero-order valence-corrected chi connectivity index (χ0v) is 14.5. The van der Waals surface area contributed by atoms with Crippen LogP contribution in [0.4, 0.5) is 17.5 Å². The van der Waals surface area contributed by atoms with Gasteiger partial charge in [0.1, 0.15) is 5.69 Å². The third kappa shape index (κ3) is 3.44. The molecule has 2 aromatic heterocycles. The number of amides is 1. The highest BCUT2D eigenvalue weighted by Crippen LogP contribution is 2.26. The smallest absolute Gasteiger partial charge is 0.265 e. The molecule has 1 aliphatic heterocycles. The summed E-state index contributed by atoms with van der Waals surface area (Å²) in [5.41, 5.74) is 1.72. The molecule has 3 heterocycles. The molecule has 0 aliphatic carbocycles. The van der Waals surface area contributed by atoms with Gasteiger partial charge in [-0.1, -0.05) is 0 Å². The van der Waals surface area contributed by atoms with Gasteiger partial charge in [0.15, 0.2) is 5.82 Å². The molecule has 23 heavy (non-hydrogen) atoms. The average Bonchev–Trinajstić information content (AvgIpc) is 3.18. The number of anilines is 3. The third-order valence-electron chi connectivity index (χ3n) is 3.77. The van der Waals surface area contributed by atoms with E-state index >= 15 is 0 Å². The Hall–Kier alpha value is -2.15. The fourth-order valence-electron chi connectivity index (χ4n) is 2.60. The summed E-state index contributed by atoms with van der Waals surface area (Å²) in [5, 5.41) is 4.89. The van der Waals surface area contributed by atoms with Crippen LogP contribution in [0.25, 0.3) is 0 Å². The van der Waals surface area contributed by atoms with Crippen molar-refractivity contribution in [3.63, 3.8) is 0 Å². The van der Waals surface area contributed by atoms with Crippen LogP contribution in [0.2, 0.25) is 0 Å². The molecule has 3 rings (SSSR count). The van der Waals surface area contributed by atoms with Crippen LogP contribution in [-0.2, 0) is 0 Å². The zero-order chi connectivity index (χ0) is 16.4. The number of hydrogen-bond acceptors (Lipinski definition) is 6. The van der Waals surface area contributed by atoms with E-state index < -0.39 is 0 Å². The Bertz CT molecular complexity index is 706. The Balaban J connectivity index is 1.84. The van der Waals surface area contributed by atoms with Gasteiger partial charge in [0.05, 0.1) is 11.1 Å². The number of nitrogens with zero attached hydrogens (tertiary/aromatic N) is 4. The minimum Gasteiger partial charge on any atom is -0.361 e. The molecule has 1 saturated heterocycles. The first-order chi connectivity index (χ1) is 11.0. The van der Waals surface area contributed by atoms with E-state index in [2.05, 4.69) is 20.2 Å². The maximum Gasteiger partial charge on any atom is 0.265 e. The number of rotatable bonds is 4. The predicted octanol–water partition coefficient (Wildman–Crippen LogP) is 2.77. The molecule has 0 bridgehead atoms. The molecule has 1 aliphatic rings. The van der Waals surface area contributed by atoms with Crippen LogP contribution in [0.3, 0.4) is 0 Å². The Morgan fingerprint density at radius 2 is 2.09 bits per heavy atom. The van der Waals surface area contributed by atoms with E-state index in [0.29, 0.717) is 10.6 Å². The van der Waals surface area contributed by atoms with Crippen LogP contribution in [0.5, 0.6) is 0 Å². The molecule has 122 valence electrons. The fourth-order valence-corrected chi connectivity index (χ4v) is 3.39. The number of carbonyl (C=O) groups is 1. The lowest BCUT2D eigenvalue weighted by Crippen LogP contribution is -2.23. The predicted molar refractivity (Wildman–Crippen MR) is 94.8 cm³/mol. The Kier molecular flexibility index (Phi) is 4.47. The van der Waals surface area contributed by atoms with Crippen molar-refractivity contribution in [2.24, 2.45) is 0 Å². The normalized spacial score (nSPS) is 14.1. The van der Waals surface area contributed by atoms with Crippen molar-refractivity contribution in [2.75, 3.05) is 42.3 Å². The van der Waals surface area contributed by atoms with E-state index in [0.717, 1.165) is 30.4 Å². The number of aryl methyl sites for hydroxylation is 1. The molecule has 7 heteroatoms. The van der Waals surface area contributed by atoms with Crippen molar-refractivity contribution >= 4 is 34.7 Å². The van der Waals surface area contributed by atoms with Crippen LogP contribution in [-0.4, -0.2) is 43.1 Å². The number of nitrogens with one attached hydrogen (secondary N) is 1. The second kappa shape index (κ2) is 6.54. The number of aromatic nitrogens is 2. The quantitative estimate of drug-likeness (QED) is 0.933. The summed E-state index contributed by atoms with van der Waals surface area (Å²) in [6, 6.07) is 1.88. The van der Waals surface area contributed by atoms with E-state index in [1.807, 2.05) is 37.4 Å². The summed E-state index contributed by atoms with van der Waals surface area (Å²) in [5.74, 6) is 1.34. The number of thiophene rings is 1. The summed E-state index contributed by atoms with van der Waals surface area (Å²) in [6.07, 6.45) is 4.06. The molecule has 1 amide bonds. The Morgan fingerprint density at radius 1 is 1.35 bits per heavy atom. The van der Waals surface area contributed by atoms with E-state index in [1.165, 1.54) is 24.2 Å². The van der Waals surface area contributed by atoms with Crippen molar-refractivity contribution in [1.29, 1.82) is 0 Å². The summed E-state index contributed by atoms with van der Waals surface area (Å²) < 4.78 is 0. The van der Waals surface area contributed by atoms with Gasteiger partial charge in [0.25, 0.3) is 5.91 Å². The van der Waals surface area contributed by atoms with Gasteiger partial charge in [-0.3, -0.25) is 4.79 Å². The van der Waals surface area contributed by atoms with Gasteiger partial charge in [0.2, 0.25) is 5.95 Å². The first kappa shape index (κ1) is 15.7. The topological polar surface area (TPSA) is 61.4 Å². The monoisotopic (exact) mass is 331 g/mol. The summed E-state index contributed by atoms with van der Waals surface area (Å²) in [4.78, 5) is 26.2. The van der Waals surface area contributed by atoms with E-state index in [1.54, 1.807) is 6.20 Å². The lowest BCUT2D eigenvalue weighted by Gasteiger charge is -2.20. The van der Waals surface area contributed by atoms with Crippen molar-refractivity contribution in [3.8, 4) is 0 Å². The first-order valence-electron chi connectivity index (χ1n) is 7.70. The molecule has 0 saturated carbocycles. The first-order valence-corrected chi connectivity index (χ1v) is 8.58. The van der Waals surface area contributed by atoms with E-state index in [-0.39, 0.29) is 5.91 Å². The number of carbonyl (C=O) groups excluding carboxylic acids is 1. The van der Waals surface area contributed by atoms with Crippen LogP contribution < -0.4 is 15.1 Å². The highest BCUT2D eigenvalue weighted by atomic mass is 32.1. The molecule has 0 spiro atoms. The molecule has 6 nitrogen and oxygen atoms in total. The maximum atomic E-state index is 12.4. The molecule has 1 N–H and O–H groups in total. The summed E-state index contributed by atoms with van der Waals surface area (Å²) >= 11 is 1.44. The van der Waals surface area contributed by atoms with Crippen molar-refractivity contribution in [2.45, 2.75) is 19.8 Å². The second-order valence-electron chi connectivity index (χ2n) is 5.94. The van der Waals surface area contributed by atoms with Crippen molar-refractivity contribution < 1.29 is 4.79 Å². The molecule has 1 fully saturated rings. The van der Waals surface area contributed by atoms with E-state index in [4.69, 9.17) is 0 Å². The lowest BCUT2D eigenvalue weighted by molar-refractivity contribution is 0.103. The number of hydrogen-bond donors (Lipinski definition) is 1. The summed E-state index contributed by atoms with van der Waals surface area (Å²) in [7, 11) is 3.84. The third-order valence-corrected chi connectivity index (χ3v) is 4.82. The second-order valence-corrected chi connectivity index (χ2v) is 6.85. The highest BCUT2D eigenvalue weighted by molar-refractivity contribution is 7.12. The standard InChI is InChI=1S/C16H21N5OS/c1-11-8-13(23-10-11)15(22)18-12-9-17-16(19-14(12)20(2)3)21-6-4-5-7-21/h8-10H,4-7H2,1-3H3,(H,18,22). The molecule has 0 unspecified atom stereocenters. The van der Waals surface area contributed by atoms with E-state index in [9.17, 15) is 4.79 Å². The lowest BCUT2D eigenvalue weighted by atomic mass is 10.3. The SMILES string of the molecule is Cc1csc(C(=O)Nc2cnc(N3CCCC3)nc2N(C)C)c1. The Morgan fingerprint density at radius 3 is 2.70 bits per heavy atom. The Labute approximate surface area is 140 Å². The fraction of sp³-hybridized carbons (Fsp3) is 0.438.